The van der Waals surface area contributed by atoms with E-state index in [0.29, 0.717) is 12.0 Å². The van der Waals surface area contributed by atoms with Gasteiger partial charge in [-0.05, 0) is 43.4 Å². The number of H-pyrrole nitrogens is 1. The van der Waals surface area contributed by atoms with E-state index >= 15 is 0 Å². The molecule has 2 aromatic rings. The number of aryl methyl sites for hydroxylation is 2. The third kappa shape index (κ3) is 3.72. The maximum Gasteiger partial charge on any atom is 0.253 e. The summed E-state index contributed by atoms with van der Waals surface area (Å²) in [5.41, 5.74) is 3.54. The standard InChI is InChI=1S/C17H22N2O2/c1-4-5-6-15(20)18-10-14-9-13-8-11(2)7-12(3)16(13)19-17(14)21/h7-9H,4-6,10H2,1-3H3,(H,18,20)(H,19,21). The highest BCUT2D eigenvalue weighted by Crippen LogP contribution is 2.17. The maximum absolute atomic E-state index is 12.1. The molecule has 21 heavy (non-hydrogen) atoms. The lowest BCUT2D eigenvalue weighted by Gasteiger charge is -2.08. The number of fused-ring (bicyclic) bond motifs is 1. The van der Waals surface area contributed by atoms with Crippen molar-refractivity contribution in [1.82, 2.24) is 10.3 Å². The summed E-state index contributed by atoms with van der Waals surface area (Å²) in [6, 6.07) is 5.96. The molecule has 0 saturated heterocycles. The van der Waals surface area contributed by atoms with E-state index in [1.165, 1.54) is 0 Å². The molecule has 112 valence electrons. The Morgan fingerprint density at radius 2 is 2.00 bits per heavy atom. The molecule has 0 fully saturated rings. The van der Waals surface area contributed by atoms with Crippen LogP contribution in [0.3, 0.4) is 0 Å². The summed E-state index contributed by atoms with van der Waals surface area (Å²) in [5.74, 6) is -0.00299. The Kier molecular flexibility index (Phi) is 4.78. The minimum Gasteiger partial charge on any atom is -0.352 e. The fraction of sp³-hybridized carbons (Fsp3) is 0.412. The second kappa shape index (κ2) is 6.57. The van der Waals surface area contributed by atoms with E-state index in [0.717, 1.165) is 34.9 Å². The molecule has 0 bridgehead atoms. The molecule has 1 amide bonds. The van der Waals surface area contributed by atoms with Crippen LogP contribution in [-0.4, -0.2) is 10.9 Å². The molecule has 2 rings (SSSR count). The molecule has 0 unspecified atom stereocenters. The van der Waals surface area contributed by atoms with Crippen LogP contribution in [-0.2, 0) is 11.3 Å². The molecular formula is C17H22N2O2. The van der Waals surface area contributed by atoms with Crippen molar-refractivity contribution in [2.75, 3.05) is 0 Å². The van der Waals surface area contributed by atoms with Gasteiger partial charge in [-0.2, -0.15) is 0 Å². The third-order valence-corrected chi connectivity index (χ3v) is 3.60. The Bertz CT molecular complexity index is 717. The number of nitrogens with one attached hydrogen (secondary N) is 2. The van der Waals surface area contributed by atoms with Crippen molar-refractivity contribution in [1.29, 1.82) is 0 Å². The van der Waals surface area contributed by atoms with Crippen LogP contribution < -0.4 is 10.9 Å². The number of aromatic nitrogens is 1. The summed E-state index contributed by atoms with van der Waals surface area (Å²) in [4.78, 5) is 26.6. The molecular weight excluding hydrogens is 264 g/mol. The van der Waals surface area contributed by atoms with Crippen LogP contribution in [0.5, 0.6) is 0 Å². The van der Waals surface area contributed by atoms with Crippen LogP contribution in [0.15, 0.2) is 23.0 Å². The van der Waals surface area contributed by atoms with E-state index < -0.39 is 0 Å². The van der Waals surface area contributed by atoms with Crippen LogP contribution >= 0.6 is 0 Å². The zero-order chi connectivity index (χ0) is 15.4. The number of hydrogen-bond donors (Lipinski definition) is 2. The van der Waals surface area contributed by atoms with E-state index in [9.17, 15) is 9.59 Å². The molecule has 0 aliphatic heterocycles. The topological polar surface area (TPSA) is 62.0 Å². The second-order valence-electron chi connectivity index (χ2n) is 5.55. The lowest BCUT2D eigenvalue weighted by Crippen LogP contribution is -2.26. The van der Waals surface area contributed by atoms with Gasteiger partial charge in [-0.25, -0.2) is 0 Å². The first-order chi connectivity index (χ1) is 10.0. The Labute approximate surface area is 124 Å². The molecule has 0 atom stereocenters. The van der Waals surface area contributed by atoms with Gasteiger partial charge in [0.25, 0.3) is 5.56 Å². The number of unbranched alkanes of at least 4 members (excludes halogenated alkanes) is 1. The zero-order valence-electron chi connectivity index (χ0n) is 12.9. The lowest BCUT2D eigenvalue weighted by molar-refractivity contribution is -0.121. The van der Waals surface area contributed by atoms with Crippen molar-refractivity contribution in [3.63, 3.8) is 0 Å². The highest BCUT2D eigenvalue weighted by atomic mass is 16.1. The van der Waals surface area contributed by atoms with Crippen molar-refractivity contribution in [3.05, 3.63) is 45.2 Å². The molecule has 0 spiro atoms. The number of amides is 1. The highest BCUT2D eigenvalue weighted by molar-refractivity contribution is 5.83. The molecule has 4 heteroatoms. The predicted molar refractivity (Wildman–Crippen MR) is 85.4 cm³/mol. The number of carbonyl (C=O) groups excluding carboxylic acids is 1. The Morgan fingerprint density at radius 3 is 2.71 bits per heavy atom. The summed E-state index contributed by atoms with van der Waals surface area (Å²) in [6.07, 6.45) is 2.38. The minimum absolute atomic E-state index is 0.00299. The van der Waals surface area contributed by atoms with Gasteiger partial charge in [0.15, 0.2) is 0 Å². The number of pyridine rings is 1. The fourth-order valence-electron chi connectivity index (χ4n) is 2.48. The molecule has 0 aliphatic rings. The monoisotopic (exact) mass is 286 g/mol. The normalized spacial score (nSPS) is 10.8. The first-order valence-corrected chi connectivity index (χ1v) is 7.41. The van der Waals surface area contributed by atoms with Crippen LogP contribution in [0.1, 0.15) is 42.9 Å². The summed E-state index contributed by atoms with van der Waals surface area (Å²) in [7, 11) is 0. The van der Waals surface area contributed by atoms with Gasteiger partial charge < -0.3 is 10.3 Å². The Balaban J connectivity index is 2.23. The molecule has 0 radical (unpaired) electrons. The maximum atomic E-state index is 12.1. The van der Waals surface area contributed by atoms with Crippen molar-refractivity contribution in [3.8, 4) is 0 Å². The van der Waals surface area contributed by atoms with E-state index in [2.05, 4.69) is 10.3 Å². The molecule has 0 aliphatic carbocycles. The largest absolute Gasteiger partial charge is 0.352 e. The van der Waals surface area contributed by atoms with Crippen molar-refractivity contribution >= 4 is 16.8 Å². The van der Waals surface area contributed by atoms with Crippen molar-refractivity contribution in [2.45, 2.75) is 46.6 Å². The molecule has 1 aromatic carbocycles. The smallest absolute Gasteiger partial charge is 0.253 e. The van der Waals surface area contributed by atoms with Crippen LogP contribution in [0.2, 0.25) is 0 Å². The van der Waals surface area contributed by atoms with Gasteiger partial charge in [0.2, 0.25) is 5.91 Å². The molecule has 2 N–H and O–H groups in total. The SMILES string of the molecule is CCCCC(=O)NCc1cc2cc(C)cc(C)c2[nH]c1=O. The molecule has 4 nitrogen and oxygen atoms in total. The van der Waals surface area contributed by atoms with Gasteiger partial charge in [0.05, 0.1) is 5.52 Å². The van der Waals surface area contributed by atoms with Gasteiger partial charge in [-0.3, -0.25) is 9.59 Å². The average Bonchev–Trinajstić information content (AvgIpc) is 2.43. The molecule has 1 aromatic heterocycles. The average molecular weight is 286 g/mol. The van der Waals surface area contributed by atoms with Crippen molar-refractivity contribution in [2.24, 2.45) is 0 Å². The molecule has 1 heterocycles. The van der Waals surface area contributed by atoms with Crippen LogP contribution in [0.25, 0.3) is 10.9 Å². The Morgan fingerprint density at radius 1 is 1.24 bits per heavy atom. The van der Waals surface area contributed by atoms with Gasteiger partial charge >= 0.3 is 0 Å². The van der Waals surface area contributed by atoms with E-state index in [1.54, 1.807) is 0 Å². The third-order valence-electron chi connectivity index (χ3n) is 3.60. The first kappa shape index (κ1) is 15.3. The molecule has 0 saturated carbocycles. The summed E-state index contributed by atoms with van der Waals surface area (Å²) in [6.45, 7) is 6.34. The first-order valence-electron chi connectivity index (χ1n) is 7.41. The number of carbonyl (C=O) groups is 1. The van der Waals surface area contributed by atoms with Gasteiger partial charge in [0, 0.05) is 18.5 Å². The number of benzene rings is 1. The van der Waals surface area contributed by atoms with Crippen molar-refractivity contribution < 1.29 is 4.79 Å². The summed E-state index contributed by atoms with van der Waals surface area (Å²) in [5, 5.41) is 3.81. The zero-order valence-corrected chi connectivity index (χ0v) is 12.9. The quantitative estimate of drug-likeness (QED) is 0.887. The fourth-order valence-corrected chi connectivity index (χ4v) is 2.48. The van der Waals surface area contributed by atoms with E-state index in [4.69, 9.17) is 0 Å². The lowest BCUT2D eigenvalue weighted by atomic mass is 10.1. The van der Waals surface area contributed by atoms with Gasteiger partial charge in [-0.15, -0.1) is 0 Å². The number of aromatic amines is 1. The summed E-state index contributed by atoms with van der Waals surface area (Å²) >= 11 is 0. The second-order valence-corrected chi connectivity index (χ2v) is 5.55. The number of rotatable bonds is 5. The van der Waals surface area contributed by atoms with Crippen LogP contribution in [0.4, 0.5) is 0 Å². The highest BCUT2D eigenvalue weighted by Gasteiger charge is 2.07. The van der Waals surface area contributed by atoms with Gasteiger partial charge in [-0.1, -0.05) is 25.0 Å². The van der Waals surface area contributed by atoms with Crippen LogP contribution in [0, 0.1) is 13.8 Å². The summed E-state index contributed by atoms with van der Waals surface area (Å²) < 4.78 is 0. The predicted octanol–water partition coefficient (Wildman–Crippen LogP) is 2.95. The Hall–Kier alpha value is -2.10. The number of hydrogen-bond acceptors (Lipinski definition) is 2. The van der Waals surface area contributed by atoms with E-state index in [1.807, 2.05) is 39.0 Å². The van der Waals surface area contributed by atoms with Gasteiger partial charge in [0.1, 0.15) is 0 Å². The minimum atomic E-state index is -0.134. The van der Waals surface area contributed by atoms with E-state index in [-0.39, 0.29) is 18.0 Å².